The molecule has 1 saturated carbocycles. The van der Waals surface area contributed by atoms with Gasteiger partial charge in [-0.05, 0) is 37.2 Å². The molecule has 0 unspecified atom stereocenters. The molecule has 0 spiro atoms. The molecule has 0 radical (unpaired) electrons. The number of H-pyrrole nitrogens is 1. The topological polar surface area (TPSA) is 87.5 Å². The van der Waals surface area contributed by atoms with Crippen LogP contribution in [0.3, 0.4) is 0 Å². The Balaban J connectivity index is 1.17. The van der Waals surface area contributed by atoms with Crippen molar-refractivity contribution in [3.05, 3.63) is 30.4 Å². The van der Waals surface area contributed by atoms with E-state index >= 15 is 0 Å². The average Bonchev–Trinajstić information content (AvgIpc) is 3.66. The molecular weight excluding hydrogens is 472 g/mol. The molecule has 4 aromatic heterocycles. The molecule has 10 heteroatoms. The highest BCUT2D eigenvalue weighted by atomic mass is 32.1. The summed E-state index contributed by atoms with van der Waals surface area (Å²) in [5.74, 6) is 1.89. The van der Waals surface area contributed by atoms with Crippen molar-refractivity contribution in [2.24, 2.45) is 5.92 Å². The summed E-state index contributed by atoms with van der Waals surface area (Å²) in [6.07, 6.45) is 11.1. The minimum absolute atomic E-state index is 0.265. The molecule has 3 fully saturated rings. The molecule has 188 valence electrons. The first-order valence-corrected chi connectivity index (χ1v) is 13.8. The lowest BCUT2D eigenvalue weighted by molar-refractivity contribution is 0.158. The number of aromatic amines is 1. The molecule has 2 bridgehead atoms. The maximum Gasteiger partial charge on any atom is 0.197 e. The highest BCUT2D eigenvalue weighted by molar-refractivity contribution is 7.18. The Morgan fingerprint density at radius 2 is 2.08 bits per heavy atom. The third-order valence-electron chi connectivity index (χ3n) is 8.28. The fourth-order valence-electron chi connectivity index (χ4n) is 6.24. The third-order valence-corrected chi connectivity index (χ3v) is 9.33. The Kier molecular flexibility index (Phi) is 5.28. The van der Waals surface area contributed by atoms with Gasteiger partial charge in [-0.15, -0.1) is 0 Å². The van der Waals surface area contributed by atoms with Gasteiger partial charge in [0, 0.05) is 49.0 Å². The smallest absolute Gasteiger partial charge is 0.197 e. The third kappa shape index (κ3) is 3.53. The first-order chi connectivity index (χ1) is 17.6. The van der Waals surface area contributed by atoms with Crippen molar-refractivity contribution in [3.63, 3.8) is 0 Å². The second-order valence-corrected chi connectivity index (χ2v) is 11.8. The zero-order valence-electron chi connectivity index (χ0n) is 21.0. The first-order valence-electron chi connectivity index (χ1n) is 13.0. The molecule has 36 heavy (non-hydrogen) atoms. The molecule has 2 saturated heterocycles. The number of hydrogen-bond donors (Lipinski definition) is 1. The van der Waals surface area contributed by atoms with E-state index in [1.165, 1.54) is 50.1 Å². The van der Waals surface area contributed by atoms with Gasteiger partial charge in [0.1, 0.15) is 16.3 Å². The number of methoxy groups -OCH3 is 1. The maximum absolute atomic E-state index is 5.58. The molecule has 1 aliphatic carbocycles. The largest absolute Gasteiger partial charge is 0.493 e. The summed E-state index contributed by atoms with van der Waals surface area (Å²) in [5.41, 5.74) is 4.70. The van der Waals surface area contributed by atoms with Gasteiger partial charge in [-0.3, -0.25) is 10.00 Å². The Labute approximate surface area is 214 Å². The number of hydrogen-bond acceptors (Lipinski definition) is 8. The molecule has 2 aliphatic heterocycles. The van der Waals surface area contributed by atoms with Gasteiger partial charge >= 0.3 is 0 Å². The molecule has 0 amide bonds. The number of rotatable bonds is 7. The van der Waals surface area contributed by atoms with Crippen LogP contribution in [0.15, 0.2) is 24.8 Å². The Morgan fingerprint density at radius 1 is 1.19 bits per heavy atom. The van der Waals surface area contributed by atoms with Crippen LogP contribution in [0, 0.1) is 5.92 Å². The van der Waals surface area contributed by atoms with Gasteiger partial charge in [0.25, 0.3) is 0 Å². The zero-order valence-corrected chi connectivity index (χ0v) is 21.8. The summed E-state index contributed by atoms with van der Waals surface area (Å²) >= 11 is 1.78. The lowest BCUT2D eigenvalue weighted by atomic mass is 9.85. The molecule has 1 N–H and O–H groups in total. The van der Waals surface area contributed by atoms with Crippen LogP contribution in [0.4, 0.5) is 5.00 Å². The van der Waals surface area contributed by atoms with E-state index in [9.17, 15) is 0 Å². The maximum atomic E-state index is 5.58. The normalized spacial score (nSPS) is 22.3. The number of thiazole rings is 1. The van der Waals surface area contributed by atoms with Crippen molar-refractivity contribution in [1.29, 1.82) is 0 Å². The monoisotopic (exact) mass is 504 g/mol. The molecular formula is C26H32N8OS. The summed E-state index contributed by atoms with van der Waals surface area (Å²) in [7, 11) is 1.65. The molecule has 9 nitrogen and oxygen atoms in total. The number of pyridine rings is 1. The van der Waals surface area contributed by atoms with E-state index in [0.29, 0.717) is 23.5 Å². The second-order valence-electron chi connectivity index (χ2n) is 10.8. The summed E-state index contributed by atoms with van der Waals surface area (Å²) < 4.78 is 7.32. The fraction of sp³-hybridized carbons (Fsp3) is 0.538. The predicted octanol–water partition coefficient (Wildman–Crippen LogP) is 4.44. The van der Waals surface area contributed by atoms with E-state index in [-0.39, 0.29) is 5.92 Å². The average molecular weight is 505 g/mol. The van der Waals surface area contributed by atoms with Gasteiger partial charge < -0.3 is 9.64 Å². The van der Waals surface area contributed by atoms with Crippen molar-refractivity contribution >= 4 is 22.0 Å². The van der Waals surface area contributed by atoms with Crippen molar-refractivity contribution in [1.82, 2.24) is 34.7 Å². The van der Waals surface area contributed by atoms with Gasteiger partial charge in [-0.25, -0.2) is 14.5 Å². The van der Waals surface area contributed by atoms with Gasteiger partial charge in [0.2, 0.25) is 0 Å². The minimum atomic E-state index is 0.265. The minimum Gasteiger partial charge on any atom is -0.493 e. The van der Waals surface area contributed by atoms with Crippen LogP contribution < -0.4 is 9.64 Å². The van der Waals surface area contributed by atoms with E-state index in [4.69, 9.17) is 14.8 Å². The molecule has 4 aromatic rings. The van der Waals surface area contributed by atoms with Crippen molar-refractivity contribution < 1.29 is 4.74 Å². The molecule has 3 aliphatic rings. The van der Waals surface area contributed by atoms with Crippen LogP contribution in [-0.2, 0) is 0 Å². The number of fused-ring (bicyclic) bond motifs is 3. The van der Waals surface area contributed by atoms with Gasteiger partial charge in [-0.2, -0.15) is 10.2 Å². The Hall–Kier alpha value is -2.98. The number of ether oxygens (including phenoxy) is 1. The quantitative estimate of drug-likeness (QED) is 0.398. The molecule has 7 rings (SSSR count). The van der Waals surface area contributed by atoms with Crippen molar-refractivity contribution in [2.45, 2.75) is 57.5 Å². The highest BCUT2D eigenvalue weighted by Crippen LogP contribution is 2.43. The Morgan fingerprint density at radius 3 is 2.81 bits per heavy atom. The van der Waals surface area contributed by atoms with Crippen LogP contribution >= 0.6 is 11.3 Å². The SMILES string of the molecule is COc1cc(-c2n[nH]c(-c3ncc(N4C[C@@H]5C[C@H]4CN5CC4CCC4)s3)c2C(C)C)cn2ncnc12. The molecule has 2 atom stereocenters. The summed E-state index contributed by atoms with van der Waals surface area (Å²) in [5, 5.41) is 14.7. The van der Waals surface area contributed by atoms with Crippen LogP contribution in [-0.4, -0.2) is 73.5 Å². The van der Waals surface area contributed by atoms with E-state index in [2.05, 4.69) is 45.0 Å². The van der Waals surface area contributed by atoms with Crippen molar-refractivity contribution in [3.8, 4) is 27.7 Å². The predicted molar refractivity (Wildman–Crippen MR) is 141 cm³/mol. The summed E-state index contributed by atoms with van der Waals surface area (Å²) in [6.45, 7) is 8.04. The van der Waals surface area contributed by atoms with Gasteiger partial charge in [0.05, 0.1) is 24.7 Å². The van der Waals surface area contributed by atoms with Crippen LogP contribution in [0.25, 0.3) is 27.6 Å². The van der Waals surface area contributed by atoms with E-state index < -0.39 is 0 Å². The first kappa shape index (κ1) is 22.2. The standard InChI is InChI=1S/C26H32N8OS/c1-15(2)22-23(17-7-20(35-3)25-28-14-29-34(25)11-17)30-31-24(22)26-27-9-21(36-26)33-13-18-8-19(33)12-32(18)10-16-5-4-6-16/h7,9,11,14-16,18-19H,4-6,8,10,12-13H2,1-3H3,(H,30,31)/t18-,19-/m0/s1. The summed E-state index contributed by atoms with van der Waals surface area (Å²) in [6, 6.07) is 3.30. The fourth-order valence-corrected chi connectivity index (χ4v) is 7.24. The van der Waals surface area contributed by atoms with E-state index in [1.807, 2.05) is 12.3 Å². The number of aromatic nitrogens is 6. The van der Waals surface area contributed by atoms with Crippen LogP contribution in [0.2, 0.25) is 0 Å². The number of nitrogens with one attached hydrogen (secondary N) is 1. The van der Waals surface area contributed by atoms with Crippen LogP contribution in [0.5, 0.6) is 5.75 Å². The van der Waals surface area contributed by atoms with E-state index in [0.717, 1.165) is 40.0 Å². The van der Waals surface area contributed by atoms with Gasteiger partial charge in [-0.1, -0.05) is 31.6 Å². The second kappa shape index (κ2) is 8.55. The Bertz CT molecular complexity index is 1400. The summed E-state index contributed by atoms with van der Waals surface area (Å²) in [4.78, 5) is 14.5. The molecule has 0 aromatic carbocycles. The van der Waals surface area contributed by atoms with Crippen molar-refractivity contribution in [2.75, 3.05) is 31.6 Å². The van der Waals surface area contributed by atoms with E-state index in [1.54, 1.807) is 23.0 Å². The number of piperazine rings is 1. The van der Waals surface area contributed by atoms with Crippen LogP contribution in [0.1, 0.15) is 51.0 Å². The lowest BCUT2D eigenvalue weighted by Gasteiger charge is -2.38. The van der Waals surface area contributed by atoms with Gasteiger partial charge in [0.15, 0.2) is 11.4 Å². The number of anilines is 1. The lowest BCUT2D eigenvalue weighted by Crippen LogP contribution is -2.48. The number of nitrogens with zero attached hydrogens (tertiary/aromatic N) is 7. The molecule has 6 heterocycles. The number of likely N-dealkylation sites (tertiary alicyclic amines) is 1. The zero-order chi connectivity index (χ0) is 24.4. The highest BCUT2D eigenvalue weighted by Gasteiger charge is 2.44.